The highest BCUT2D eigenvalue weighted by molar-refractivity contribution is 6.07. The Balaban J connectivity index is 1.45. The number of hydrogen-bond acceptors (Lipinski definition) is 6. The molecule has 0 saturated heterocycles. The first-order valence-electron chi connectivity index (χ1n) is 9.81. The first kappa shape index (κ1) is 17.6. The summed E-state index contributed by atoms with van der Waals surface area (Å²) in [6.07, 6.45) is 14.8. The molecular formula is C21H22N8. The molecule has 5 rings (SSSR count). The standard InChI is InChI=1S/C21H22N8/c1-24-10-15(9-23)18-13-29-19(2-3-25-29)20(27-18)16-11-26-28(12-16)17-6-21(7-17)4-14(5-21)8-22/h2-3,9-14,17,23-24H,4-7H2,1H3/b15-10+,23-9?. The zero-order valence-electron chi connectivity index (χ0n) is 16.2. The average Bonchev–Trinajstić information content (AvgIpc) is 3.33. The van der Waals surface area contributed by atoms with Gasteiger partial charge in [0.05, 0.1) is 47.6 Å². The molecule has 3 aromatic rings. The van der Waals surface area contributed by atoms with Crippen LogP contribution in [0.4, 0.5) is 0 Å². The van der Waals surface area contributed by atoms with Crippen molar-refractivity contribution in [2.24, 2.45) is 11.3 Å². The van der Waals surface area contributed by atoms with E-state index < -0.39 is 0 Å². The third-order valence-corrected chi connectivity index (χ3v) is 6.27. The zero-order valence-corrected chi connectivity index (χ0v) is 16.2. The van der Waals surface area contributed by atoms with Crippen LogP contribution in [0.1, 0.15) is 37.4 Å². The quantitative estimate of drug-likeness (QED) is 0.655. The Bertz CT molecular complexity index is 1150. The van der Waals surface area contributed by atoms with E-state index in [1.807, 2.05) is 23.1 Å². The van der Waals surface area contributed by atoms with Gasteiger partial charge in [-0.25, -0.2) is 9.50 Å². The molecule has 146 valence electrons. The fourth-order valence-electron chi connectivity index (χ4n) is 4.82. The van der Waals surface area contributed by atoms with Crippen molar-refractivity contribution in [1.82, 2.24) is 29.7 Å². The summed E-state index contributed by atoms with van der Waals surface area (Å²) < 4.78 is 3.83. The molecule has 0 unspecified atom stereocenters. The number of nitriles is 1. The van der Waals surface area contributed by atoms with Crippen LogP contribution in [0.2, 0.25) is 0 Å². The van der Waals surface area contributed by atoms with Gasteiger partial charge in [-0.05, 0) is 37.2 Å². The van der Waals surface area contributed by atoms with Gasteiger partial charge in [0, 0.05) is 42.7 Å². The summed E-state index contributed by atoms with van der Waals surface area (Å²) in [5, 5.41) is 28.7. The maximum Gasteiger partial charge on any atom is 0.0999 e. The number of hydrogen-bond donors (Lipinski definition) is 2. The van der Waals surface area contributed by atoms with Crippen molar-refractivity contribution in [2.75, 3.05) is 7.05 Å². The van der Waals surface area contributed by atoms with Crippen molar-refractivity contribution in [2.45, 2.75) is 31.7 Å². The molecule has 8 nitrogen and oxygen atoms in total. The van der Waals surface area contributed by atoms with E-state index in [2.05, 4.69) is 27.8 Å². The van der Waals surface area contributed by atoms with Crippen LogP contribution in [0.3, 0.4) is 0 Å². The van der Waals surface area contributed by atoms with E-state index in [9.17, 15) is 0 Å². The predicted octanol–water partition coefficient (Wildman–Crippen LogP) is 3.06. The van der Waals surface area contributed by atoms with Crippen LogP contribution in [-0.2, 0) is 0 Å². The van der Waals surface area contributed by atoms with Crippen LogP contribution >= 0.6 is 0 Å². The topological polar surface area (TPSA) is 108 Å². The van der Waals surface area contributed by atoms with Crippen molar-refractivity contribution in [3.05, 3.63) is 42.7 Å². The monoisotopic (exact) mass is 386 g/mol. The van der Waals surface area contributed by atoms with Crippen LogP contribution in [0, 0.1) is 28.1 Å². The van der Waals surface area contributed by atoms with Gasteiger partial charge < -0.3 is 10.7 Å². The van der Waals surface area contributed by atoms with Gasteiger partial charge in [0.25, 0.3) is 0 Å². The first-order valence-corrected chi connectivity index (χ1v) is 9.81. The molecule has 3 aromatic heterocycles. The highest BCUT2D eigenvalue weighted by Gasteiger charge is 2.53. The zero-order chi connectivity index (χ0) is 20.0. The molecule has 2 saturated carbocycles. The van der Waals surface area contributed by atoms with E-state index in [0.717, 1.165) is 42.5 Å². The molecule has 0 aromatic carbocycles. The van der Waals surface area contributed by atoms with Crippen molar-refractivity contribution in [1.29, 1.82) is 10.7 Å². The van der Waals surface area contributed by atoms with Crippen molar-refractivity contribution >= 4 is 17.3 Å². The Morgan fingerprint density at radius 3 is 2.86 bits per heavy atom. The normalized spacial score (nSPS) is 26.0. The average molecular weight is 386 g/mol. The summed E-state index contributed by atoms with van der Waals surface area (Å²) in [6.45, 7) is 0. The molecule has 0 radical (unpaired) electrons. The molecule has 2 aliphatic rings. The summed E-state index contributed by atoms with van der Waals surface area (Å²) in [7, 11) is 1.80. The predicted molar refractivity (Wildman–Crippen MR) is 109 cm³/mol. The minimum atomic E-state index is 0.250. The SMILES string of the molecule is CN/C=C(\C=N)c1cn2nccc2c(-c2cnn(C3CC4(CC(C#N)C4)C3)c2)n1. The minimum absolute atomic E-state index is 0.250. The Labute approximate surface area is 168 Å². The molecule has 2 N–H and O–H groups in total. The number of allylic oxidation sites excluding steroid dienone is 1. The molecule has 29 heavy (non-hydrogen) atoms. The maximum atomic E-state index is 9.03. The van der Waals surface area contributed by atoms with Crippen LogP contribution < -0.4 is 5.32 Å². The highest BCUT2D eigenvalue weighted by atomic mass is 15.3. The highest BCUT2D eigenvalue weighted by Crippen LogP contribution is 2.62. The van der Waals surface area contributed by atoms with Gasteiger partial charge >= 0.3 is 0 Å². The fourth-order valence-corrected chi connectivity index (χ4v) is 4.82. The van der Waals surface area contributed by atoms with Gasteiger partial charge in [-0.1, -0.05) is 0 Å². The smallest absolute Gasteiger partial charge is 0.0999 e. The minimum Gasteiger partial charge on any atom is -0.393 e. The lowest BCUT2D eigenvalue weighted by Crippen LogP contribution is -2.47. The van der Waals surface area contributed by atoms with Crippen molar-refractivity contribution < 1.29 is 0 Å². The number of nitrogens with zero attached hydrogens (tertiary/aromatic N) is 6. The molecule has 0 bridgehead atoms. The molecule has 8 heteroatoms. The number of nitrogens with one attached hydrogen (secondary N) is 2. The maximum absolute atomic E-state index is 9.03. The molecule has 1 spiro atoms. The van der Waals surface area contributed by atoms with Gasteiger partial charge in [-0.15, -0.1) is 0 Å². The second kappa shape index (κ2) is 6.55. The van der Waals surface area contributed by atoms with E-state index in [0.29, 0.717) is 22.7 Å². The molecule has 0 aliphatic heterocycles. The fraction of sp³-hybridized carbons (Fsp3) is 0.381. The summed E-state index contributed by atoms with van der Waals surface area (Å²) in [5.74, 6) is 0.250. The Morgan fingerprint density at radius 2 is 2.14 bits per heavy atom. The second-order valence-corrected chi connectivity index (χ2v) is 8.17. The third-order valence-electron chi connectivity index (χ3n) is 6.27. The molecule has 0 atom stereocenters. The number of aromatic nitrogens is 5. The lowest BCUT2D eigenvalue weighted by atomic mass is 9.50. The number of fused-ring (bicyclic) bond motifs is 1. The van der Waals surface area contributed by atoms with E-state index >= 15 is 0 Å². The van der Waals surface area contributed by atoms with Crippen LogP contribution in [0.5, 0.6) is 0 Å². The Morgan fingerprint density at radius 1 is 1.31 bits per heavy atom. The van der Waals surface area contributed by atoms with Crippen molar-refractivity contribution in [3.8, 4) is 17.3 Å². The largest absolute Gasteiger partial charge is 0.393 e. The summed E-state index contributed by atoms with van der Waals surface area (Å²) in [5.41, 5.74) is 4.38. The van der Waals surface area contributed by atoms with Gasteiger partial charge in [0.15, 0.2) is 0 Å². The van der Waals surface area contributed by atoms with Gasteiger partial charge in [0.1, 0.15) is 0 Å². The molecule has 3 heterocycles. The van der Waals surface area contributed by atoms with Gasteiger partial charge in [-0.2, -0.15) is 15.5 Å². The van der Waals surface area contributed by atoms with Gasteiger partial charge in [0.2, 0.25) is 0 Å². The third kappa shape index (κ3) is 2.81. The van der Waals surface area contributed by atoms with E-state index in [-0.39, 0.29) is 5.92 Å². The van der Waals surface area contributed by atoms with Gasteiger partial charge in [-0.3, -0.25) is 4.68 Å². The summed E-state index contributed by atoms with van der Waals surface area (Å²) in [4.78, 5) is 4.82. The lowest BCUT2D eigenvalue weighted by Gasteiger charge is -2.56. The Hall–Kier alpha value is -3.47. The van der Waals surface area contributed by atoms with E-state index in [1.54, 1.807) is 24.0 Å². The first-order chi connectivity index (χ1) is 14.1. The molecular weight excluding hydrogens is 364 g/mol. The lowest BCUT2D eigenvalue weighted by molar-refractivity contribution is -0.0470. The summed E-state index contributed by atoms with van der Waals surface area (Å²) >= 11 is 0. The molecule has 2 fully saturated rings. The molecule has 2 aliphatic carbocycles. The van der Waals surface area contributed by atoms with Crippen LogP contribution in [-0.4, -0.2) is 37.6 Å². The van der Waals surface area contributed by atoms with E-state index in [1.165, 1.54) is 6.21 Å². The van der Waals surface area contributed by atoms with Crippen LogP contribution in [0.25, 0.3) is 22.3 Å². The second-order valence-electron chi connectivity index (χ2n) is 8.17. The number of rotatable bonds is 5. The van der Waals surface area contributed by atoms with E-state index in [4.69, 9.17) is 15.7 Å². The van der Waals surface area contributed by atoms with Crippen molar-refractivity contribution in [3.63, 3.8) is 0 Å². The Kier molecular flexibility index (Phi) is 3.98. The summed E-state index contributed by atoms with van der Waals surface area (Å²) in [6, 6.07) is 4.72. The van der Waals surface area contributed by atoms with Crippen LogP contribution in [0.15, 0.2) is 37.1 Å². The molecule has 0 amide bonds.